The SMILES string of the molecule is CNC(Cc1ccc(OC(F)(F)F)cc1)C(OC)C(C)C. The van der Waals surface area contributed by atoms with Crippen LogP contribution in [0.1, 0.15) is 19.4 Å². The molecule has 1 rings (SSSR count). The number of methoxy groups -OCH3 is 1. The Balaban J connectivity index is 2.73. The fourth-order valence-electron chi connectivity index (χ4n) is 2.36. The number of likely N-dealkylation sites (N-methyl/N-ethyl adjacent to an activating group) is 1. The van der Waals surface area contributed by atoms with Crippen LogP contribution in [0.4, 0.5) is 13.2 Å². The van der Waals surface area contributed by atoms with E-state index in [0.29, 0.717) is 12.3 Å². The Morgan fingerprint density at radius 1 is 1.14 bits per heavy atom. The first-order valence-corrected chi connectivity index (χ1v) is 6.81. The highest BCUT2D eigenvalue weighted by Crippen LogP contribution is 2.23. The Bertz CT molecular complexity index is 418. The highest BCUT2D eigenvalue weighted by Gasteiger charge is 2.31. The number of alkyl halides is 3. The topological polar surface area (TPSA) is 30.5 Å². The summed E-state index contributed by atoms with van der Waals surface area (Å²) < 4.78 is 45.6. The average Bonchev–Trinajstić information content (AvgIpc) is 2.38. The number of hydrogen-bond donors (Lipinski definition) is 1. The lowest BCUT2D eigenvalue weighted by atomic mass is 9.94. The van der Waals surface area contributed by atoms with Gasteiger partial charge in [0, 0.05) is 13.2 Å². The number of nitrogens with one attached hydrogen (secondary N) is 1. The summed E-state index contributed by atoms with van der Waals surface area (Å²) in [5, 5.41) is 3.20. The van der Waals surface area contributed by atoms with Gasteiger partial charge in [0.2, 0.25) is 0 Å². The van der Waals surface area contributed by atoms with Crippen molar-refractivity contribution in [3.05, 3.63) is 29.8 Å². The summed E-state index contributed by atoms with van der Waals surface area (Å²) in [6, 6.07) is 6.01. The molecular formula is C15H22F3NO2. The van der Waals surface area contributed by atoms with Gasteiger partial charge in [-0.1, -0.05) is 26.0 Å². The van der Waals surface area contributed by atoms with E-state index in [1.807, 2.05) is 7.05 Å². The molecule has 0 fully saturated rings. The molecule has 0 aliphatic rings. The summed E-state index contributed by atoms with van der Waals surface area (Å²) in [7, 11) is 3.51. The van der Waals surface area contributed by atoms with E-state index < -0.39 is 6.36 Å². The number of halogens is 3. The molecule has 2 atom stereocenters. The molecule has 0 aliphatic heterocycles. The van der Waals surface area contributed by atoms with Crippen LogP contribution in [0.15, 0.2) is 24.3 Å². The molecule has 0 bridgehead atoms. The van der Waals surface area contributed by atoms with Crippen LogP contribution in [0.2, 0.25) is 0 Å². The molecule has 3 nitrogen and oxygen atoms in total. The first kappa shape index (κ1) is 17.8. The lowest BCUT2D eigenvalue weighted by Crippen LogP contribution is -2.43. The number of ether oxygens (including phenoxy) is 2. The Morgan fingerprint density at radius 2 is 1.71 bits per heavy atom. The molecule has 0 saturated carbocycles. The zero-order chi connectivity index (χ0) is 16.0. The molecule has 120 valence electrons. The molecular weight excluding hydrogens is 283 g/mol. The second kappa shape index (κ2) is 7.66. The second-order valence-corrected chi connectivity index (χ2v) is 5.24. The highest BCUT2D eigenvalue weighted by molar-refractivity contribution is 5.28. The smallest absolute Gasteiger partial charge is 0.406 e. The van der Waals surface area contributed by atoms with E-state index in [9.17, 15) is 13.2 Å². The lowest BCUT2D eigenvalue weighted by Gasteiger charge is -2.29. The molecule has 0 spiro atoms. The van der Waals surface area contributed by atoms with Gasteiger partial charge in [-0.2, -0.15) is 0 Å². The monoisotopic (exact) mass is 305 g/mol. The van der Waals surface area contributed by atoms with Crippen LogP contribution in [-0.2, 0) is 11.2 Å². The minimum absolute atomic E-state index is 0.0288. The van der Waals surface area contributed by atoms with Crippen LogP contribution in [-0.4, -0.2) is 32.7 Å². The average molecular weight is 305 g/mol. The van der Waals surface area contributed by atoms with Crippen LogP contribution in [0, 0.1) is 5.92 Å². The largest absolute Gasteiger partial charge is 0.573 e. The quantitative estimate of drug-likeness (QED) is 0.837. The second-order valence-electron chi connectivity index (χ2n) is 5.24. The van der Waals surface area contributed by atoms with E-state index in [0.717, 1.165) is 5.56 Å². The molecule has 0 radical (unpaired) electrons. The molecule has 0 amide bonds. The van der Waals surface area contributed by atoms with Gasteiger partial charge in [0.25, 0.3) is 0 Å². The molecule has 0 heterocycles. The van der Waals surface area contributed by atoms with E-state index in [1.54, 1.807) is 19.2 Å². The zero-order valence-corrected chi connectivity index (χ0v) is 12.7. The van der Waals surface area contributed by atoms with Gasteiger partial charge in [0.05, 0.1) is 6.10 Å². The summed E-state index contributed by atoms with van der Waals surface area (Å²) in [4.78, 5) is 0. The fourth-order valence-corrected chi connectivity index (χ4v) is 2.36. The highest BCUT2D eigenvalue weighted by atomic mass is 19.4. The number of benzene rings is 1. The minimum Gasteiger partial charge on any atom is -0.406 e. The first-order chi connectivity index (χ1) is 9.76. The molecule has 6 heteroatoms. The van der Waals surface area contributed by atoms with Gasteiger partial charge < -0.3 is 14.8 Å². The van der Waals surface area contributed by atoms with Crippen molar-refractivity contribution in [1.29, 1.82) is 0 Å². The van der Waals surface area contributed by atoms with Gasteiger partial charge >= 0.3 is 6.36 Å². The third kappa shape index (κ3) is 5.93. The molecule has 21 heavy (non-hydrogen) atoms. The number of hydrogen-bond acceptors (Lipinski definition) is 3. The van der Waals surface area contributed by atoms with Crippen LogP contribution >= 0.6 is 0 Å². The summed E-state index contributed by atoms with van der Waals surface area (Å²) in [5.74, 6) is 0.125. The number of rotatable bonds is 7. The molecule has 0 aromatic heterocycles. The Kier molecular flexibility index (Phi) is 6.48. The third-order valence-corrected chi connectivity index (χ3v) is 3.31. The standard InChI is InChI=1S/C15H22F3NO2/c1-10(2)14(20-4)13(19-3)9-11-5-7-12(8-6-11)21-15(16,17)18/h5-8,10,13-14,19H,9H2,1-4H3. The Morgan fingerprint density at radius 3 is 2.10 bits per heavy atom. The van der Waals surface area contributed by atoms with Crippen LogP contribution in [0.25, 0.3) is 0 Å². The molecule has 2 unspecified atom stereocenters. The maximum absolute atomic E-state index is 12.1. The molecule has 0 aliphatic carbocycles. The van der Waals surface area contributed by atoms with Crippen LogP contribution < -0.4 is 10.1 Å². The zero-order valence-electron chi connectivity index (χ0n) is 12.7. The van der Waals surface area contributed by atoms with Gasteiger partial charge in [-0.15, -0.1) is 13.2 Å². The summed E-state index contributed by atoms with van der Waals surface area (Å²) in [6.45, 7) is 4.14. The summed E-state index contributed by atoms with van der Waals surface area (Å²) in [5.41, 5.74) is 0.923. The van der Waals surface area contributed by atoms with Gasteiger partial charge in [-0.3, -0.25) is 0 Å². The third-order valence-electron chi connectivity index (χ3n) is 3.31. The van der Waals surface area contributed by atoms with Crippen molar-refractivity contribution >= 4 is 0 Å². The predicted molar refractivity (Wildman–Crippen MR) is 75.3 cm³/mol. The van der Waals surface area contributed by atoms with Crippen LogP contribution in [0.5, 0.6) is 5.75 Å². The van der Waals surface area contributed by atoms with Gasteiger partial charge in [-0.25, -0.2) is 0 Å². The van der Waals surface area contributed by atoms with E-state index in [1.165, 1.54) is 12.1 Å². The van der Waals surface area contributed by atoms with Crippen molar-refractivity contribution in [2.45, 2.75) is 38.8 Å². The van der Waals surface area contributed by atoms with Crippen molar-refractivity contribution < 1.29 is 22.6 Å². The van der Waals surface area contributed by atoms with Crippen molar-refractivity contribution in [3.63, 3.8) is 0 Å². The fraction of sp³-hybridized carbons (Fsp3) is 0.600. The van der Waals surface area contributed by atoms with Crippen LogP contribution in [0.3, 0.4) is 0 Å². The molecule has 0 saturated heterocycles. The van der Waals surface area contributed by atoms with Crippen molar-refractivity contribution in [3.8, 4) is 5.75 Å². The Hall–Kier alpha value is -1.27. The van der Waals surface area contributed by atoms with E-state index in [2.05, 4.69) is 23.9 Å². The van der Waals surface area contributed by atoms with Crippen molar-refractivity contribution in [2.75, 3.05) is 14.2 Å². The van der Waals surface area contributed by atoms with Crippen molar-refractivity contribution in [2.24, 2.45) is 5.92 Å². The molecule has 1 aromatic rings. The summed E-state index contributed by atoms with van der Waals surface area (Å²) >= 11 is 0. The predicted octanol–water partition coefficient (Wildman–Crippen LogP) is 3.39. The lowest BCUT2D eigenvalue weighted by molar-refractivity contribution is -0.274. The van der Waals surface area contributed by atoms with Gasteiger partial charge in [0.1, 0.15) is 5.75 Å². The van der Waals surface area contributed by atoms with Gasteiger partial charge in [-0.05, 0) is 37.1 Å². The van der Waals surface area contributed by atoms with E-state index in [-0.39, 0.29) is 17.9 Å². The normalized spacial score (nSPS) is 15.0. The maximum atomic E-state index is 12.1. The minimum atomic E-state index is -4.66. The summed E-state index contributed by atoms with van der Waals surface area (Å²) in [6.07, 6.45) is -3.96. The van der Waals surface area contributed by atoms with Crippen molar-refractivity contribution in [1.82, 2.24) is 5.32 Å². The van der Waals surface area contributed by atoms with Gasteiger partial charge in [0.15, 0.2) is 0 Å². The molecule has 1 N–H and O–H groups in total. The Labute approximate surface area is 123 Å². The molecule has 1 aromatic carbocycles. The van der Waals surface area contributed by atoms with E-state index in [4.69, 9.17) is 4.74 Å². The maximum Gasteiger partial charge on any atom is 0.573 e. The first-order valence-electron chi connectivity index (χ1n) is 6.81. The van der Waals surface area contributed by atoms with E-state index >= 15 is 0 Å².